The minimum Gasteiger partial charge on any atom is -0.345 e. The van der Waals surface area contributed by atoms with Crippen molar-refractivity contribution in [3.8, 4) is 0 Å². The summed E-state index contributed by atoms with van der Waals surface area (Å²) in [6, 6.07) is 9.61. The van der Waals surface area contributed by atoms with Crippen molar-refractivity contribution in [3.05, 3.63) is 30.3 Å². The molecule has 0 saturated heterocycles. The van der Waals surface area contributed by atoms with Gasteiger partial charge in [-0.25, -0.2) is 0 Å². The van der Waals surface area contributed by atoms with E-state index < -0.39 is 0 Å². The summed E-state index contributed by atoms with van der Waals surface area (Å²) in [5, 5.41) is 3.57. The summed E-state index contributed by atoms with van der Waals surface area (Å²) in [5.41, 5.74) is 0.926. The normalized spacial score (nSPS) is 9.21. The molecular weight excluding hydrogens is 196 g/mol. The van der Waals surface area contributed by atoms with Crippen LogP contribution >= 0.6 is 12.2 Å². The van der Waals surface area contributed by atoms with E-state index in [0.29, 0.717) is 11.7 Å². The second-order valence-electron chi connectivity index (χ2n) is 2.84. The highest BCUT2D eigenvalue weighted by Gasteiger charge is 2.02. The summed E-state index contributed by atoms with van der Waals surface area (Å²) < 4.78 is 0. The van der Waals surface area contributed by atoms with Crippen molar-refractivity contribution in [3.63, 3.8) is 0 Å². The molecule has 1 aromatic carbocycles. The second-order valence-corrected chi connectivity index (χ2v) is 3.23. The molecule has 0 amide bonds. The van der Waals surface area contributed by atoms with Crippen molar-refractivity contribution < 1.29 is 4.79 Å². The van der Waals surface area contributed by atoms with Crippen LogP contribution < -0.4 is 5.32 Å². The topological polar surface area (TPSA) is 32.3 Å². The SMILES string of the molecule is CN(CC=O)C(=S)Nc1ccccc1. The van der Waals surface area contributed by atoms with Crippen LogP contribution in [-0.4, -0.2) is 29.9 Å². The summed E-state index contributed by atoms with van der Waals surface area (Å²) in [4.78, 5) is 11.9. The highest BCUT2D eigenvalue weighted by Crippen LogP contribution is 2.05. The van der Waals surface area contributed by atoms with Crippen molar-refractivity contribution >= 4 is 29.3 Å². The molecule has 3 nitrogen and oxygen atoms in total. The molecule has 1 aromatic rings. The molecule has 0 saturated carbocycles. The van der Waals surface area contributed by atoms with Crippen molar-refractivity contribution in [2.75, 3.05) is 18.9 Å². The standard InChI is InChI=1S/C10H12N2OS/c1-12(7-8-13)10(14)11-9-5-3-2-4-6-9/h2-6,8H,7H2,1H3,(H,11,14). The average Bonchev–Trinajstić information content (AvgIpc) is 2.19. The molecule has 0 bridgehead atoms. The highest BCUT2D eigenvalue weighted by atomic mass is 32.1. The highest BCUT2D eigenvalue weighted by molar-refractivity contribution is 7.80. The van der Waals surface area contributed by atoms with Crippen LogP contribution in [0, 0.1) is 0 Å². The maximum Gasteiger partial charge on any atom is 0.173 e. The van der Waals surface area contributed by atoms with E-state index in [0.717, 1.165) is 12.0 Å². The zero-order valence-electron chi connectivity index (χ0n) is 7.93. The van der Waals surface area contributed by atoms with Gasteiger partial charge in [-0.1, -0.05) is 18.2 Å². The molecule has 0 spiro atoms. The number of nitrogens with zero attached hydrogens (tertiary/aromatic N) is 1. The Morgan fingerprint density at radius 1 is 1.50 bits per heavy atom. The molecule has 1 N–H and O–H groups in total. The second kappa shape index (κ2) is 5.34. The minimum absolute atomic E-state index is 0.304. The first-order valence-corrected chi connectivity index (χ1v) is 4.65. The minimum atomic E-state index is 0.304. The van der Waals surface area contributed by atoms with Crippen LogP contribution in [0.1, 0.15) is 0 Å². The number of benzene rings is 1. The molecule has 74 valence electrons. The van der Waals surface area contributed by atoms with Crippen LogP contribution in [0.25, 0.3) is 0 Å². The van der Waals surface area contributed by atoms with Crippen LogP contribution in [0.15, 0.2) is 30.3 Å². The van der Waals surface area contributed by atoms with E-state index in [1.54, 1.807) is 11.9 Å². The molecule has 0 aromatic heterocycles. The summed E-state index contributed by atoms with van der Waals surface area (Å²) in [6.07, 6.45) is 0.818. The van der Waals surface area contributed by atoms with Crippen molar-refractivity contribution in [1.82, 2.24) is 4.90 Å². The number of para-hydroxylation sites is 1. The maximum atomic E-state index is 10.2. The van der Waals surface area contributed by atoms with E-state index in [-0.39, 0.29) is 0 Å². The largest absolute Gasteiger partial charge is 0.345 e. The lowest BCUT2D eigenvalue weighted by atomic mass is 10.3. The molecule has 0 unspecified atom stereocenters. The maximum absolute atomic E-state index is 10.2. The Hall–Kier alpha value is -1.42. The van der Waals surface area contributed by atoms with Gasteiger partial charge in [0.05, 0.1) is 6.54 Å². The fourth-order valence-corrected chi connectivity index (χ4v) is 1.13. The Bertz CT molecular complexity index is 313. The Kier molecular flexibility index (Phi) is 4.07. The zero-order valence-corrected chi connectivity index (χ0v) is 8.75. The first kappa shape index (κ1) is 10.7. The number of nitrogens with one attached hydrogen (secondary N) is 1. The Labute approximate surface area is 88.7 Å². The quantitative estimate of drug-likeness (QED) is 0.603. The number of likely N-dealkylation sites (N-methyl/N-ethyl adjacent to an activating group) is 1. The number of carbonyl (C=O) groups is 1. The zero-order chi connectivity index (χ0) is 10.4. The third-order valence-corrected chi connectivity index (χ3v) is 2.13. The van der Waals surface area contributed by atoms with Gasteiger partial charge in [-0.15, -0.1) is 0 Å². The van der Waals surface area contributed by atoms with Gasteiger partial charge in [-0.3, -0.25) is 0 Å². The van der Waals surface area contributed by atoms with E-state index in [1.807, 2.05) is 30.3 Å². The fourth-order valence-electron chi connectivity index (χ4n) is 0.935. The Balaban J connectivity index is 2.53. The molecule has 0 radical (unpaired) electrons. The lowest BCUT2D eigenvalue weighted by Crippen LogP contribution is -2.32. The van der Waals surface area contributed by atoms with Gasteiger partial charge in [-0.2, -0.15) is 0 Å². The first-order chi connectivity index (χ1) is 6.74. The first-order valence-electron chi connectivity index (χ1n) is 4.25. The predicted molar refractivity (Wildman–Crippen MR) is 61.4 cm³/mol. The van der Waals surface area contributed by atoms with Gasteiger partial charge in [0, 0.05) is 12.7 Å². The van der Waals surface area contributed by atoms with Crippen LogP contribution in [0.2, 0.25) is 0 Å². The van der Waals surface area contributed by atoms with Gasteiger partial charge < -0.3 is 15.0 Å². The van der Waals surface area contributed by atoms with Crippen molar-refractivity contribution in [2.45, 2.75) is 0 Å². The molecule has 0 atom stereocenters. The molecule has 1 rings (SSSR count). The lowest BCUT2D eigenvalue weighted by Gasteiger charge is -2.18. The van der Waals surface area contributed by atoms with Crippen LogP contribution in [0.5, 0.6) is 0 Å². The van der Waals surface area contributed by atoms with E-state index >= 15 is 0 Å². The van der Waals surface area contributed by atoms with Gasteiger partial charge in [-0.05, 0) is 24.4 Å². The summed E-state index contributed by atoms with van der Waals surface area (Å²) in [7, 11) is 1.77. The molecule has 14 heavy (non-hydrogen) atoms. The summed E-state index contributed by atoms with van der Waals surface area (Å²) >= 11 is 5.08. The van der Waals surface area contributed by atoms with E-state index in [4.69, 9.17) is 12.2 Å². The van der Waals surface area contributed by atoms with Crippen LogP contribution in [0.3, 0.4) is 0 Å². The Morgan fingerprint density at radius 2 is 2.14 bits per heavy atom. The summed E-state index contributed by atoms with van der Waals surface area (Å²) in [6.45, 7) is 0.304. The molecule has 0 aliphatic heterocycles. The number of aldehydes is 1. The fraction of sp³-hybridized carbons (Fsp3) is 0.200. The van der Waals surface area contributed by atoms with E-state index in [1.165, 1.54) is 0 Å². The van der Waals surface area contributed by atoms with E-state index in [9.17, 15) is 4.79 Å². The van der Waals surface area contributed by atoms with E-state index in [2.05, 4.69) is 5.32 Å². The number of thiocarbonyl (C=S) groups is 1. The molecule has 0 fully saturated rings. The molecule has 0 heterocycles. The third-order valence-electron chi connectivity index (χ3n) is 1.72. The predicted octanol–water partition coefficient (Wildman–Crippen LogP) is 1.51. The van der Waals surface area contributed by atoms with Crippen molar-refractivity contribution in [2.24, 2.45) is 0 Å². The number of anilines is 1. The van der Waals surface area contributed by atoms with Crippen LogP contribution in [-0.2, 0) is 4.79 Å². The van der Waals surface area contributed by atoms with Gasteiger partial charge >= 0.3 is 0 Å². The molecule has 0 aliphatic rings. The monoisotopic (exact) mass is 208 g/mol. The number of rotatable bonds is 3. The number of hydrogen-bond donors (Lipinski definition) is 1. The molecule has 0 aliphatic carbocycles. The smallest absolute Gasteiger partial charge is 0.173 e. The van der Waals surface area contributed by atoms with Crippen LogP contribution in [0.4, 0.5) is 5.69 Å². The van der Waals surface area contributed by atoms with Gasteiger partial charge in [0.1, 0.15) is 6.29 Å². The molecule has 4 heteroatoms. The van der Waals surface area contributed by atoms with Gasteiger partial charge in [0.2, 0.25) is 0 Å². The number of hydrogen-bond acceptors (Lipinski definition) is 2. The number of carbonyl (C=O) groups excluding carboxylic acids is 1. The third kappa shape index (κ3) is 3.14. The van der Waals surface area contributed by atoms with Crippen molar-refractivity contribution in [1.29, 1.82) is 0 Å². The summed E-state index contributed by atoms with van der Waals surface area (Å²) in [5.74, 6) is 0. The van der Waals surface area contributed by atoms with Gasteiger partial charge in [0.15, 0.2) is 5.11 Å². The van der Waals surface area contributed by atoms with Gasteiger partial charge in [0.25, 0.3) is 0 Å². The Morgan fingerprint density at radius 3 is 2.71 bits per heavy atom. The molecular formula is C10H12N2OS. The lowest BCUT2D eigenvalue weighted by molar-refractivity contribution is -0.108. The average molecular weight is 208 g/mol.